The van der Waals surface area contributed by atoms with E-state index in [9.17, 15) is 9.59 Å². The molecule has 34 heavy (non-hydrogen) atoms. The second kappa shape index (κ2) is 11.2. The van der Waals surface area contributed by atoms with Gasteiger partial charge in [-0.15, -0.1) is 10.2 Å². The lowest BCUT2D eigenvalue weighted by Gasteiger charge is -2.28. The number of hydrogen-bond acceptors (Lipinski definition) is 7. The monoisotopic (exact) mass is 480 g/mol. The fraction of sp³-hybridized carbons (Fsp3) is 0.333. The summed E-state index contributed by atoms with van der Waals surface area (Å²) in [4.78, 5) is 27.1. The van der Waals surface area contributed by atoms with Crippen molar-refractivity contribution in [1.82, 2.24) is 14.8 Å². The molecule has 1 saturated heterocycles. The van der Waals surface area contributed by atoms with Gasteiger partial charge in [0.25, 0.3) is 0 Å². The Morgan fingerprint density at radius 3 is 2.47 bits per heavy atom. The maximum Gasteiger partial charge on any atom is 0.234 e. The Morgan fingerprint density at radius 2 is 1.74 bits per heavy atom. The van der Waals surface area contributed by atoms with Crippen LogP contribution in [0.1, 0.15) is 11.4 Å². The van der Waals surface area contributed by atoms with E-state index in [1.807, 2.05) is 55.5 Å². The molecule has 1 aliphatic heterocycles. The number of para-hydroxylation sites is 1. The van der Waals surface area contributed by atoms with Gasteiger partial charge < -0.3 is 24.8 Å². The predicted octanol–water partition coefficient (Wildman–Crippen LogP) is 2.87. The molecule has 1 aliphatic rings. The predicted molar refractivity (Wildman–Crippen MR) is 133 cm³/mol. The first-order chi connectivity index (χ1) is 16.5. The highest BCUT2D eigenvalue weighted by atomic mass is 32.2. The van der Waals surface area contributed by atoms with Crippen molar-refractivity contribution in [2.45, 2.75) is 18.5 Å². The topological polar surface area (TPSA) is 101 Å². The molecule has 2 amide bonds. The minimum Gasteiger partial charge on any atom is -0.378 e. The number of morpholine rings is 1. The van der Waals surface area contributed by atoms with Crippen LogP contribution in [0.15, 0.2) is 53.7 Å². The minimum atomic E-state index is -0.167. The number of rotatable bonds is 8. The van der Waals surface area contributed by atoms with E-state index in [4.69, 9.17) is 4.74 Å². The van der Waals surface area contributed by atoms with Crippen LogP contribution in [0.25, 0.3) is 0 Å². The smallest absolute Gasteiger partial charge is 0.234 e. The highest BCUT2D eigenvalue weighted by molar-refractivity contribution is 7.99. The zero-order chi connectivity index (χ0) is 23.9. The summed E-state index contributed by atoms with van der Waals surface area (Å²) in [5, 5.41) is 14.6. The van der Waals surface area contributed by atoms with Crippen molar-refractivity contribution in [3.8, 4) is 0 Å². The maximum atomic E-state index is 12.4. The Kier molecular flexibility index (Phi) is 7.81. The summed E-state index contributed by atoms with van der Waals surface area (Å²) < 4.78 is 7.13. The first-order valence-corrected chi connectivity index (χ1v) is 12.1. The van der Waals surface area contributed by atoms with E-state index >= 15 is 0 Å². The second-order valence-corrected chi connectivity index (χ2v) is 8.92. The molecule has 0 unspecified atom stereocenters. The van der Waals surface area contributed by atoms with Gasteiger partial charge >= 0.3 is 0 Å². The molecular formula is C24H28N6O3S. The van der Waals surface area contributed by atoms with Crippen molar-refractivity contribution in [2.24, 2.45) is 7.05 Å². The Bertz CT molecular complexity index is 1140. The van der Waals surface area contributed by atoms with Gasteiger partial charge in [0.15, 0.2) is 5.16 Å². The van der Waals surface area contributed by atoms with Crippen molar-refractivity contribution in [3.63, 3.8) is 0 Å². The highest BCUT2D eigenvalue weighted by Gasteiger charge is 2.15. The number of anilines is 3. The van der Waals surface area contributed by atoms with Gasteiger partial charge in [0.05, 0.1) is 25.4 Å². The van der Waals surface area contributed by atoms with E-state index in [0.717, 1.165) is 48.9 Å². The van der Waals surface area contributed by atoms with Gasteiger partial charge in [0.1, 0.15) is 5.82 Å². The Labute approximate surface area is 202 Å². The van der Waals surface area contributed by atoms with E-state index in [-0.39, 0.29) is 24.0 Å². The van der Waals surface area contributed by atoms with Crippen LogP contribution < -0.4 is 15.5 Å². The summed E-state index contributed by atoms with van der Waals surface area (Å²) in [6, 6.07) is 15.4. The summed E-state index contributed by atoms with van der Waals surface area (Å²) in [5.41, 5.74) is 3.63. The summed E-state index contributed by atoms with van der Waals surface area (Å²) in [5.74, 6) is 0.422. The van der Waals surface area contributed by atoms with Crippen molar-refractivity contribution >= 4 is 40.6 Å². The van der Waals surface area contributed by atoms with E-state index in [0.29, 0.717) is 11.0 Å². The highest BCUT2D eigenvalue weighted by Crippen LogP contribution is 2.21. The Balaban J connectivity index is 1.26. The number of hydrogen-bond donors (Lipinski definition) is 2. The number of thioether (sulfide) groups is 1. The van der Waals surface area contributed by atoms with Crippen LogP contribution in [0, 0.1) is 6.92 Å². The number of ether oxygens (including phenoxy) is 1. The molecule has 0 spiro atoms. The SMILES string of the molecule is Cc1ccccc1NC(=O)Cc1nnc(SCC(=O)Nc2ccc(N3CCOCC3)cc2)n1C. The first kappa shape index (κ1) is 23.8. The molecule has 9 nitrogen and oxygen atoms in total. The average molecular weight is 481 g/mol. The fourth-order valence-electron chi connectivity index (χ4n) is 3.58. The Hall–Kier alpha value is -3.37. The van der Waals surface area contributed by atoms with Crippen LogP contribution in [0.3, 0.4) is 0 Å². The molecule has 0 saturated carbocycles. The first-order valence-electron chi connectivity index (χ1n) is 11.1. The van der Waals surface area contributed by atoms with Crippen molar-refractivity contribution in [2.75, 3.05) is 47.6 Å². The number of carbonyl (C=O) groups excluding carboxylic acids is 2. The summed E-state index contributed by atoms with van der Waals surface area (Å²) in [7, 11) is 1.79. The minimum absolute atomic E-state index is 0.0973. The van der Waals surface area contributed by atoms with Gasteiger partial charge in [-0.2, -0.15) is 0 Å². The largest absolute Gasteiger partial charge is 0.378 e. The quantitative estimate of drug-likeness (QED) is 0.478. The molecule has 1 fully saturated rings. The second-order valence-electron chi connectivity index (χ2n) is 7.98. The van der Waals surface area contributed by atoms with Crippen LogP contribution in [0.2, 0.25) is 0 Å². The zero-order valence-corrected chi connectivity index (χ0v) is 20.1. The third-order valence-corrected chi connectivity index (χ3v) is 6.54. The molecule has 3 aromatic rings. The number of amides is 2. The van der Waals surface area contributed by atoms with Crippen molar-refractivity contribution in [1.29, 1.82) is 0 Å². The fourth-order valence-corrected chi connectivity index (χ4v) is 4.31. The van der Waals surface area contributed by atoms with Crippen molar-refractivity contribution in [3.05, 3.63) is 59.9 Å². The van der Waals surface area contributed by atoms with Gasteiger partial charge in [-0.05, 0) is 42.8 Å². The lowest BCUT2D eigenvalue weighted by molar-refractivity contribution is -0.116. The van der Waals surface area contributed by atoms with Crippen molar-refractivity contribution < 1.29 is 14.3 Å². The number of benzene rings is 2. The van der Waals surface area contributed by atoms with E-state index < -0.39 is 0 Å². The Morgan fingerprint density at radius 1 is 1.00 bits per heavy atom. The van der Waals surface area contributed by atoms with E-state index in [1.165, 1.54) is 11.8 Å². The standard InChI is InChI=1S/C24H28N6O3S/c1-17-5-3-4-6-20(17)26-22(31)15-21-27-28-24(29(21)2)34-16-23(32)25-18-7-9-19(10-8-18)30-11-13-33-14-12-30/h3-10H,11-16H2,1-2H3,(H,25,32)(H,26,31). The van der Waals surface area contributed by atoms with Gasteiger partial charge in [0.2, 0.25) is 11.8 Å². The molecule has 1 aromatic heterocycles. The summed E-state index contributed by atoms with van der Waals surface area (Å²) >= 11 is 1.28. The molecule has 0 atom stereocenters. The molecule has 0 aliphatic carbocycles. The number of nitrogens with one attached hydrogen (secondary N) is 2. The number of nitrogens with zero attached hydrogens (tertiary/aromatic N) is 4. The average Bonchev–Trinajstić information content (AvgIpc) is 3.19. The molecule has 178 valence electrons. The van der Waals surface area contributed by atoms with Crippen LogP contribution in [0.5, 0.6) is 0 Å². The molecule has 4 rings (SSSR count). The van der Waals surface area contributed by atoms with Crippen LogP contribution in [-0.4, -0.2) is 58.6 Å². The number of aromatic nitrogens is 3. The van der Waals surface area contributed by atoms with Gasteiger partial charge in [0, 0.05) is 37.2 Å². The normalized spacial score (nSPS) is 13.5. The molecular weight excluding hydrogens is 452 g/mol. The maximum absolute atomic E-state index is 12.4. The summed E-state index contributed by atoms with van der Waals surface area (Å²) in [6.45, 7) is 5.15. The van der Waals surface area contributed by atoms with E-state index in [2.05, 4.69) is 25.7 Å². The zero-order valence-electron chi connectivity index (χ0n) is 19.3. The van der Waals surface area contributed by atoms with Crippen LogP contribution in [-0.2, 0) is 27.8 Å². The molecule has 10 heteroatoms. The molecule has 2 N–H and O–H groups in total. The third kappa shape index (κ3) is 6.15. The third-order valence-electron chi connectivity index (χ3n) is 5.52. The lowest BCUT2D eigenvalue weighted by Crippen LogP contribution is -2.36. The summed E-state index contributed by atoms with van der Waals surface area (Å²) in [6.07, 6.45) is 0.0973. The number of aryl methyl sites for hydroxylation is 1. The molecule has 0 bridgehead atoms. The molecule has 0 radical (unpaired) electrons. The van der Waals surface area contributed by atoms with Gasteiger partial charge in [-0.25, -0.2) is 0 Å². The van der Waals surface area contributed by atoms with Crippen LogP contribution >= 0.6 is 11.8 Å². The lowest BCUT2D eigenvalue weighted by atomic mass is 10.2. The molecule has 2 aromatic carbocycles. The molecule has 2 heterocycles. The van der Waals surface area contributed by atoms with Gasteiger partial charge in [-0.1, -0.05) is 30.0 Å². The van der Waals surface area contributed by atoms with Crippen LogP contribution in [0.4, 0.5) is 17.1 Å². The number of carbonyl (C=O) groups is 2. The van der Waals surface area contributed by atoms with Gasteiger partial charge in [-0.3, -0.25) is 9.59 Å². The van der Waals surface area contributed by atoms with E-state index in [1.54, 1.807) is 11.6 Å².